The topological polar surface area (TPSA) is 119 Å². The van der Waals surface area contributed by atoms with Crippen LogP contribution < -0.4 is 20.9 Å². The van der Waals surface area contributed by atoms with E-state index in [0.717, 1.165) is 50.0 Å². The van der Waals surface area contributed by atoms with E-state index in [9.17, 15) is 9.59 Å². The summed E-state index contributed by atoms with van der Waals surface area (Å²) in [5, 5.41) is 13.0. The second kappa shape index (κ2) is 14.8. The van der Waals surface area contributed by atoms with Crippen LogP contribution in [-0.2, 0) is 17.8 Å². The van der Waals surface area contributed by atoms with Gasteiger partial charge in [-0.1, -0.05) is 62.6 Å². The van der Waals surface area contributed by atoms with Gasteiger partial charge >= 0.3 is 0 Å². The number of fused-ring (bicyclic) bond motifs is 2. The maximum Gasteiger partial charge on any atom is 0.270 e. The van der Waals surface area contributed by atoms with Crippen molar-refractivity contribution in [3.8, 4) is 6.07 Å². The number of aryl methyl sites for hydroxylation is 1. The Morgan fingerprint density at radius 2 is 1.70 bits per heavy atom. The minimum Gasteiger partial charge on any atom is -0.368 e. The van der Waals surface area contributed by atoms with Crippen LogP contribution in [0.2, 0.25) is 0 Å². The summed E-state index contributed by atoms with van der Waals surface area (Å²) in [6, 6.07) is 16.6. The summed E-state index contributed by atoms with van der Waals surface area (Å²) in [7, 11) is 0. The van der Waals surface area contributed by atoms with Crippen LogP contribution in [0.5, 0.6) is 0 Å². The first-order chi connectivity index (χ1) is 22.3. The number of aromatic nitrogens is 1. The van der Waals surface area contributed by atoms with E-state index in [1.54, 1.807) is 6.07 Å². The lowest BCUT2D eigenvalue weighted by Crippen LogP contribution is -2.50. The van der Waals surface area contributed by atoms with Crippen molar-refractivity contribution >= 4 is 34.0 Å². The van der Waals surface area contributed by atoms with Gasteiger partial charge in [-0.15, -0.1) is 0 Å². The standard InChI is InChI=1S/C35H44N6O2.C2H3N/c1-3-32(42)40-20-18-39(19-21-40)31-22-28(34(43)37-24-35(36)15-6-4-5-7-16-35)38-29-23-41(17-14-27(29)31)30-13-9-12-26-11-8-10-25(2)33(26)30;1-2-3/h3,8-13,22H,1,4-7,14-21,23-24,36H2,2H3,(H,37,43);1H3. The van der Waals surface area contributed by atoms with Crippen molar-refractivity contribution in [2.45, 2.75) is 70.9 Å². The van der Waals surface area contributed by atoms with Crippen molar-refractivity contribution in [1.82, 2.24) is 15.2 Å². The van der Waals surface area contributed by atoms with Crippen LogP contribution in [0.15, 0.2) is 55.1 Å². The summed E-state index contributed by atoms with van der Waals surface area (Å²) in [5.74, 6) is -0.205. The van der Waals surface area contributed by atoms with Crippen molar-refractivity contribution in [2.24, 2.45) is 5.73 Å². The summed E-state index contributed by atoms with van der Waals surface area (Å²) in [6.07, 6.45) is 8.72. The van der Waals surface area contributed by atoms with Crippen molar-refractivity contribution in [3.63, 3.8) is 0 Å². The number of hydrogen-bond donors (Lipinski definition) is 2. The van der Waals surface area contributed by atoms with Gasteiger partial charge in [0.1, 0.15) is 5.69 Å². The molecule has 1 aliphatic carbocycles. The van der Waals surface area contributed by atoms with Gasteiger partial charge in [0.15, 0.2) is 0 Å². The third-order valence-corrected chi connectivity index (χ3v) is 9.63. The SMILES string of the molecule is C=CC(=O)N1CCN(c2cc(C(=O)NCC3(N)CCCCCC3)nc3c2CCN(c2cccc4cccc(C)c24)C3)CC1.CC#N. The van der Waals surface area contributed by atoms with Gasteiger partial charge in [-0.25, -0.2) is 4.98 Å². The quantitative estimate of drug-likeness (QED) is 0.285. The van der Waals surface area contributed by atoms with Gasteiger partial charge in [-0.05, 0) is 55.3 Å². The van der Waals surface area contributed by atoms with E-state index < -0.39 is 0 Å². The number of piperazine rings is 1. The van der Waals surface area contributed by atoms with Gasteiger partial charge in [0.05, 0.1) is 18.3 Å². The molecule has 2 amide bonds. The van der Waals surface area contributed by atoms with Gasteiger partial charge < -0.3 is 25.8 Å². The number of nitrogens with one attached hydrogen (secondary N) is 1. The molecule has 9 heteroatoms. The maximum absolute atomic E-state index is 13.7. The summed E-state index contributed by atoms with van der Waals surface area (Å²) in [5.41, 5.74) is 12.5. The lowest BCUT2D eigenvalue weighted by molar-refractivity contribution is -0.126. The minimum atomic E-state index is -0.361. The number of hydrogen-bond acceptors (Lipinski definition) is 7. The number of pyridine rings is 1. The van der Waals surface area contributed by atoms with Gasteiger partial charge in [-0.2, -0.15) is 5.26 Å². The second-order valence-electron chi connectivity index (χ2n) is 12.8. The molecule has 0 atom stereocenters. The van der Waals surface area contributed by atoms with Crippen LogP contribution in [-0.4, -0.2) is 66.5 Å². The van der Waals surface area contributed by atoms with Crippen LogP contribution in [0, 0.1) is 18.3 Å². The molecule has 0 spiro atoms. The fourth-order valence-corrected chi connectivity index (χ4v) is 7.15. The summed E-state index contributed by atoms with van der Waals surface area (Å²) in [6.45, 7) is 11.9. The molecule has 2 aliphatic heterocycles. The largest absolute Gasteiger partial charge is 0.368 e. The Labute approximate surface area is 273 Å². The first-order valence-corrected chi connectivity index (χ1v) is 16.6. The predicted octanol–water partition coefficient (Wildman–Crippen LogP) is 5.25. The number of anilines is 2. The monoisotopic (exact) mass is 621 g/mol. The zero-order valence-electron chi connectivity index (χ0n) is 27.4. The smallest absolute Gasteiger partial charge is 0.270 e. The maximum atomic E-state index is 13.7. The molecular formula is C37H47N7O2. The zero-order chi connectivity index (χ0) is 32.7. The number of amides is 2. The molecule has 3 aromatic rings. The third kappa shape index (κ3) is 7.34. The first-order valence-electron chi connectivity index (χ1n) is 16.6. The number of rotatable bonds is 6. The molecular weight excluding hydrogens is 574 g/mol. The molecule has 3 aliphatic rings. The summed E-state index contributed by atoms with van der Waals surface area (Å²) in [4.78, 5) is 37.5. The minimum absolute atomic E-state index is 0.0354. The Morgan fingerprint density at radius 1 is 1.02 bits per heavy atom. The average Bonchev–Trinajstić information content (AvgIpc) is 3.31. The van der Waals surface area contributed by atoms with E-state index in [2.05, 4.69) is 65.0 Å². The predicted molar refractivity (Wildman–Crippen MR) is 185 cm³/mol. The van der Waals surface area contributed by atoms with Crippen molar-refractivity contribution < 1.29 is 9.59 Å². The molecule has 0 unspecified atom stereocenters. The molecule has 1 saturated carbocycles. The van der Waals surface area contributed by atoms with E-state index in [4.69, 9.17) is 16.0 Å². The Bertz CT molecular complexity index is 1610. The molecule has 46 heavy (non-hydrogen) atoms. The molecule has 6 rings (SSSR count). The molecule has 3 heterocycles. The number of nitrogens with two attached hydrogens (primary N) is 1. The van der Waals surface area contributed by atoms with Gasteiger partial charge in [0.2, 0.25) is 5.91 Å². The average molecular weight is 622 g/mol. The Hall–Kier alpha value is -4.42. The molecule has 0 radical (unpaired) electrons. The first kappa shape index (κ1) is 33.0. The summed E-state index contributed by atoms with van der Waals surface area (Å²) >= 11 is 0. The fraction of sp³-hybridized carbons (Fsp3) is 0.459. The zero-order valence-corrected chi connectivity index (χ0v) is 27.4. The van der Waals surface area contributed by atoms with Crippen LogP contribution >= 0.6 is 0 Å². The third-order valence-electron chi connectivity index (χ3n) is 9.63. The number of benzene rings is 2. The molecule has 9 nitrogen and oxygen atoms in total. The molecule has 2 aromatic carbocycles. The van der Waals surface area contributed by atoms with Gasteiger partial charge in [0, 0.05) is 74.1 Å². The molecule has 1 saturated heterocycles. The Kier molecular flexibility index (Phi) is 10.6. The number of nitriles is 1. The van der Waals surface area contributed by atoms with Crippen LogP contribution in [0.25, 0.3) is 10.8 Å². The number of nitrogens with zero attached hydrogens (tertiary/aromatic N) is 5. The van der Waals surface area contributed by atoms with E-state index in [1.165, 1.54) is 53.4 Å². The molecule has 1 aromatic heterocycles. The van der Waals surface area contributed by atoms with Crippen molar-refractivity contribution in [3.05, 3.63) is 77.6 Å². The molecule has 242 valence electrons. The summed E-state index contributed by atoms with van der Waals surface area (Å²) < 4.78 is 0. The Morgan fingerprint density at radius 3 is 2.37 bits per heavy atom. The van der Waals surface area contributed by atoms with Gasteiger partial charge in [-0.3, -0.25) is 9.59 Å². The van der Waals surface area contributed by atoms with Crippen LogP contribution in [0.4, 0.5) is 11.4 Å². The molecule has 2 fully saturated rings. The van der Waals surface area contributed by atoms with Crippen molar-refractivity contribution in [1.29, 1.82) is 5.26 Å². The van der Waals surface area contributed by atoms with Crippen LogP contribution in [0.3, 0.4) is 0 Å². The highest BCUT2D eigenvalue weighted by Gasteiger charge is 2.30. The van der Waals surface area contributed by atoms with Gasteiger partial charge in [0.25, 0.3) is 5.91 Å². The van der Waals surface area contributed by atoms with E-state index in [-0.39, 0.29) is 17.4 Å². The highest BCUT2D eigenvalue weighted by atomic mass is 16.2. The lowest BCUT2D eigenvalue weighted by atomic mass is 9.91. The van der Waals surface area contributed by atoms with Crippen LogP contribution in [0.1, 0.15) is 72.8 Å². The second-order valence-corrected chi connectivity index (χ2v) is 12.8. The fourth-order valence-electron chi connectivity index (χ4n) is 7.15. The highest BCUT2D eigenvalue weighted by molar-refractivity contribution is 5.97. The van der Waals surface area contributed by atoms with E-state index in [0.29, 0.717) is 45.0 Å². The lowest BCUT2D eigenvalue weighted by Gasteiger charge is -2.39. The Balaban J connectivity index is 0.00000134. The number of carbonyl (C=O) groups excluding carboxylic acids is 2. The number of carbonyl (C=O) groups is 2. The molecule has 0 bridgehead atoms. The van der Waals surface area contributed by atoms with Crippen molar-refractivity contribution in [2.75, 3.05) is 49.1 Å². The van der Waals surface area contributed by atoms with E-state index >= 15 is 0 Å². The van der Waals surface area contributed by atoms with E-state index in [1.807, 2.05) is 11.0 Å². The normalized spacial score (nSPS) is 17.6. The molecule has 3 N–H and O–H groups in total. The highest BCUT2D eigenvalue weighted by Crippen LogP contribution is 2.36.